The Labute approximate surface area is 92.9 Å². The smallest absolute Gasteiger partial charge is 0.0516 e. The van der Waals surface area contributed by atoms with Gasteiger partial charge in [-0.2, -0.15) is 11.8 Å². The first kappa shape index (κ1) is 11.4. The van der Waals surface area contributed by atoms with Crippen LogP contribution < -0.4 is 5.32 Å². The highest BCUT2D eigenvalue weighted by atomic mass is 35.5. The molecule has 4 heteroatoms. The summed E-state index contributed by atoms with van der Waals surface area (Å²) in [6.07, 6.45) is 3.37. The van der Waals surface area contributed by atoms with Gasteiger partial charge in [0.1, 0.15) is 0 Å². The van der Waals surface area contributed by atoms with Crippen molar-refractivity contribution in [3.63, 3.8) is 0 Å². The van der Waals surface area contributed by atoms with Gasteiger partial charge in [-0.25, -0.2) is 0 Å². The SMILES string of the molecule is CSCCCNCc1cc(Cl)cs1. The predicted molar refractivity (Wildman–Crippen MR) is 64.0 cm³/mol. The van der Waals surface area contributed by atoms with E-state index in [0.717, 1.165) is 18.1 Å². The lowest BCUT2D eigenvalue weighted by molar-refractivity contribution is 0.685. The first-order valence-corrected chi connectivity index (χ1v) is 6.90. The van der Waals surface area contributed by atoms with Crippen LogP contribution in [0, 0.1) is 0 Å². The molecular weight excluding hydrogens is 222 g/mol. The zero-order chi connectivity index (χ0) is 9.52. The molecule has 1 nitrogen and oxygen atoms in total. The average molecular weight is 236 g/mol. The van der Waals surface area contributed by atoms with E-state index in [-0.39, 0.29) is 0 Å². The first-order valence-electron chi connectivity index (χ1n) is 4.25. The molecule has 74 valence electrons. The van der Waals surface area contributed by atoms with E-state index < -0.39 is 0 Å². The lowest BCUT2D eigenvalue weighted by Gasteiger charge is -2.00. The summed E-state index contributed by atoms with van der Waals surface area (Å²) < 4.78 is 0. The highest BCUT2D eigenvalue weighted by Gasteiger charge is 1.96. The van der Waals surface area contributed by atoms with Gasteiger partial charge in [0.2, 0.25) is 0 Å². The summed E-state index contributed by atoms with van der Waals surface area (Å²) in [5.41, 5.74) is 0. The molecule has 0 bridgehead atoms. The van der Waals surface area contributed by atoms with E-state index in [4.69, 9.17) is 11.6 Å². The fourth-order valence-corrected chi connectivity index (χ4v) is 2.48. The molecule has 0 fully saturated rings. The van der Waals surface area contributed by atoms with Crippen molar-refractivity contribution in [2.75, 3.05) is 18.6 Å². The second kappa shape index (κ2) is 6.71. The maximum atomic E-state index is 5.80. The normalized spacial score (nSPS) is 10.6. The van der Waals surface area contributed by atoms with E-state index in [1.165, 1.54) is 17.1 Å². The van der Waals surface area contributed by atoms with E-state index >= 15 is 0 Å². The van der Waals surface area contributed by atoms with Crippen molar-refractivity contribution in [3.8, 4) is 0 Å². The van der Waals surface area contributed by atoms with Gasteiger partial charge in [-0.1, -0.05) is 11.6 Å². The van der Waals surface area contributed by atoms with Crippen molar-refractivity contribution < 1.29 is 0 Å². The monoisotopic (exact) mass is 235 g/mol. The summed E-state index contributed by atoms with van der Waals surface area (Å²) >= 11 is 9.41. The molecule has 0 saturated heterocycles. The fourth-order valence-electron chi connectivity index (χ4n) is 1.000. The van der Waals surface area contributed by atoms with Crippen molar-refractivity contribution in [2.24, 2.45) is 0 Å². The molecule has 0 saturated carbocycles. The van der Waals surface area contributed by atoms with Crippen LogP contribution >= 0.6 is 34.7 Å². The molecule has 1 aromatic rings. The van der Waals surface area contributed by atoms with Gasteiger partial charge in [-0.3, -0.25) is 0 Å². The first-order chi connectivity index (χ1) is 6.33. The van der Waals surface area contributed by atoms with Gasteiger partial charge < -0.3 is 5.32 Å². The van der Waals surface area contributed by atoms with E-state index in [9.17, 15) is 0 Å². The van der Waals surface area contributed by atoms with Gasteiger partial charge in [-0.05, 0) is 31.0 Å². The summed E-state index contributed by atoms with van der Waals surface area (Å²) in [5, 5.41) is 6.21. The van der Waals surface area contributed by atoms with Crippen molar-refractivity contribution in [2.45, 2.75) is 13.0 Å². The van der Waals surface area contributed by atoms with Gasteiger partial charge in [0.15, 0.2) is 0 Å². The molecule has 1 N–H and O–H groups in total. The molecule has 1 rings (SSSR count). The molecular formula is C9H14ClNS2. The van der Waals surface area contributed by atoms with Gasteiger partial charge >= 0.3 is 0 Å². The molecule has 0 spiro atoms. The summed E-state index contributed by atoms with van der Waals surface area (Å²) in [5.74, 6) is 1.23. The van der Waals surface area contributed by atoms with Gasteiger partial charge in [0.05, 0.1) is 5.02 Å². The topological polar surface area (TPSA) is 12.0 Å². The number of rotatable bonds is 6. The van der Waals surface area contributed by atoms with E-state index in [1.807, 2.05) is 23.2 Å². The predicted octanol–water partition coefficient (Wildman–Crippen LogP) is 3.24. The minimum atomic E-state index is 0.853. The second-order valence-corrected chi connectivity index (χ2v) is 5.17. The minimum absolute atomic E-state index is 0.853. The van der Waals surface area contributed by atoms with Crippen molar-refractivity contribution in [1.82, 2.24) is 5.32 Å². The van der Waals surface area contributed by atoms with Crippen LogP contribution in [0.5, 0.6) is 0 Å². The minimum Gasteiger partial charge on any atom is -0.312 e. The molecule has 0 aliphatic heterocycles. The summed E-state index contributed by atoms with van der Waals surface area (Å²) in [6.45, 7) is 2.04. The molecule has 0 aliphatic carbocycles. The lowest BCUT2D eigenvalue weighted by Crippen LogP contribution is -2.14. The zero-order valence-corrected chi connectivity index (χ0v) is 10.1. The van der Waals surface area contributed by atoms with Crippen molar-refractivity contribution >= 4 is 34.7 Å². The Kier molecular flexibility index (Phi) is 5.87. The summed E-state index contributed by atoms with van der Waals surface area (Å²) in [4.78, 5) is 1.31. The Morgan fingerprint density at radius 1 is 1.62 bits per heavy atom. The lowest BCUT2D eigenvalue weighted by atomic mass is 10.4. The third-order valence-corrected chi connectivity index (χ3v) is 3.60. The van der Waals surface area contributed by atoms with Crippen molar-refractivity contribution in [3.05, 3.63) is 21.3 Å². The highest BCUT2D eigenvalue weighted by Crippen LogP contribution is 2.18. The number of nitrogens with one attached hydrogen (secondary N) is 1. The van der Waals surface area contributed by atoms with Crippen LogP contribution in [0.2, 0.25) is 5.02 Å². The number of thioether (sulfide) groups is 1. The fraction of sp³-hybridized carbons (Fsp3) is 0.556. The molecule has 0 atom stereocenters. The van der Waals surface area contributed by atoms with E-state index in [2.05, 4.69) is 11.6 Å². The second-order valence-electron chi connectivity index (χ2n) is 2.75. The quantitative estimate of drug-likeness (QED) is 0.760. The Hall–Kier alpha value is 0.300. The van der Waals surface area contributed by atoms with E-state index in [0.29, 0.717) is 0 Å². The molecule has 0 radical (unpaired) electrons. The maximum Gasteiger partial charge on any atom is 0.0516 e. The Bertz CT molecular complexity index is 237. The van der Waals surface area contributed by atoms with Crippen LogP contribution in [-0.4, -0.2) is 18.6 Å². The standard InChI is InChI=1S/C9H14ClNS2/c1-12-4-2-3-11-6-9-5-8(10)7-13-9/h5,7,11H,2-4,6H2,1H3. The van der Waals surface area contributed by atoms with Crippen LogP contribution in [0.1, 0.15) is 11.3 Å². The van der Waals surface area contributed by atoms with Crippen LogP contribution in [0.3, 0.4) is 0 Å². The Balaban J connectivity index is 2.06. The molecule has 0 amide bonds. The van der Waals surface area contributed by atoms with Gasteiger partial charge in [0, 0.05) is 16.8 Å². The Morgan fingerprint density at radius 2 is 2.46 bits per heavy atom. The largest absolute Gasteiger partial charge is 0.312 e. The Morgan fingerprint density at radius 3 is 3.08 bits per heavy atom. The maximum absolute atomic E-state index is 5.80. The molecule has 13 heavy (non-hydrogen) atoms. The molecule has 1 heterocycles. The third kappa shape index (κ3) is 4.91. The zero-order valence-electron chi connectivity index (χ0n) is 7.68. The number of halogens is 1. The third-order valence-electron chi connectivity index (χ3n) is 1.62. The average Bonchev–Trinajstić information content (AvgIpc) is 2.51. The molecule has 0 unspecified atom stereocenters. The van der Waals surface area contributed by atoms with Crippen LogP contribution in [0.15, 0.2) is 11.4 Å². The van der Waals surface area contributed by atoms with Crippen LogP contribution in [0.4, 0.5) is 0 Å². The van der Waals surface area contributed by atoms with E-state index in [1.54, 1.807) is 11.3 Å². The summed E-state index contributed by atoms with van der Waals surface area (Å²) in [7, 11) is 0. The van der Waals surface area contributed by atoms with Crippen LogP contribution in [0.25, 0.3) is 0 Å². The van der Waals surface area contributed by atoms with Crippen molar-refractivity contribution in [1.29, 1.82) is 0 Å². The molecule has 1 aromatic heterocycles. The molecule has 0 aromatic carbocycles. The molecule has 0 aliphatic rings. The number of thiophene rings is 1. The highest BCUT2D eigenvalue weighted by molar-refractivity contribution is 7.98. The van der Waals surface area contributed by atoms with Gasteiger partial charge in [0.25, 0.3) is 0 Å². The van der Waals surface area contributed by atoms with Crippen LogP contribution in [-0.2, 0) is 6.54 Å². The number of hydrogen-bond donors (Lipinski definition) is 1. The van der Waals surface area contributed by atoms with Gasteiger partial charge in [-0.15, -0.1) is 11.3 Å². The summed E-state index contributed by atoms with van der Waals surface area (Å²) in [6, 6.07) is 2.02. The number of hydrogen-bond acceptors (Lipinski definition) is 3.